The molecule has 14 heavy (non-hydrogen) atoms. The van der Waals surface area contributed by atoms with Gasteiger partial charge in [-0.05, 0) is 31.0 Å². The van der Waals surface area contributed by atoms with Gasteiger partial charge in [0.1, 0.15) is 5.88 Å². The summed E-state index contributed by atoms with van der Waals surface area (Å²) in [6.07, 6.45) is 4.28. The van der Waals surface area contributed by atoms with E-state index in [0.29, 0.717) is 0 Å². The standard InChI is InChI=1S/C10H13ClN2O/c1-8(13-10(14)7-11)6-9-2-4-12-5-3-9/h2-5,8H,6-7H2,1H3,(H,13,14). The fraction of sp³-hybridized carbons (Fsp3) is 0.400. The number of hydrogen-bond acceptors (Lipinski definition) is 2. The molecule has 0 aliphatic rings. The molecule has 0 aliphatic heterocycles. The van der Waals surface area contributed by atoms with Crippen molar-refractivity contribution in [1.82, 2.24) is 10.3 Å². The van der Waals surface area contributed by atoms with Gasteiger partial charge < -0.3 is 5.32 Å². The number of rotatable bonds is 4. The zero-order valence-electron chi connectivity index (χ0n) is 8.03. The lowest BCUT2D eigenvalue weighted by Gasteiger charge is -2.12. The zero-order chi connectivity index (χ0) is 10.4. The maximum Gasteiger partial charge on any atom is 0.235 e. The van der Waals surface area contributed by atoms with Crippen molar-refractivity contribution in [3.05, 3.63) is 30.1 Å². The number of carbonyl (C=O) groups is 1. The lowest BCUT2D eigenvalue weighted by Crippen LogP contribution is -2.34. The van der Waals surface area contributed by atoms with E-state index < -0.39 is 0 Å². The smallest absolute Gasteiger partial charge is 0.235 e. The van der Waals surface area contributed by atoms with Crippen LogP contribution in [0.3, 0.4) is 0 Å². The minimum Gasteiger partial charge on any atom is -0.352 e. The average molecular weight is 213 g/mol. The van der Waals surface area contributed by atoms with Crippen LogP contribution in [0.5, 0.6) is 0 Å². The van der Waals surface area contributed by atoms with Gasteiger partial charge in [0.15, 0.2) is 0 Å². The van der Waals surface area contributed by atoms with E-state index >= 15 is 0 Å². The van der Waals surface area contributed by atoms with Crippen molar-refractivity contribution < 1.29 is 4.79 Å². The van der Waals surface area contributed by atoms with Gasteiger partial charge in [-0.25, -0.2) is 0 Å². The van der Waals surface area contributed by atoms with Crippen molar-refractivity contribution in [2.75, 3.05) is 5.88 Å². The minimum atomic E-state index is -0.131. The van der Waals surface area contributed by atoms with Gasteiger partial charge in [0, 0.05) is 18.4 Å². The maximum absolute atomic E-state index is 11.0. The molecule has 1 atom stereocenters. The van der Waals surface area contributed by atoms with Crippen LogP contribution in [0.4, 0.5) is 0 Å². The summed E-state index contributed by atoms with van der Waals surface area (Å²) in [6.45, 7) is 1.95. The summed E-state index contributed by atoms with van der Waals surface area (Å²) in [5, 5.41) is 2.79. The van der Waals surface area contributed by atoms with Crippen LogP contribution >= 0.6 is 11.6 Å². The van der Waals surface area contributed by atoms with Crippen molar-refractivity contribution >= 4 is 17.5 Å². The summed E-state index contributed by atoms with van der Waals surface area (Å²) in [4.78, 5) is 14.9. The molecule has 0 bridgehead atoms. The second kappa shape index (κ2) is 5.60. The highest BCUT2D eigenvalue weighted by Gasteiger charge is 2.06. The zero-order valence-corrected chi connectivity index (χ0v) is 8.79. The van der Waals surface area contributed by atoms with Gasteiger partial charge in [-0.1, -0.05) is 0 Å². The Hall–Kier alpha value is -1.09. The third-order valence-electron chi connectivity index (χ3n) is 1.82. The quantitative estimate of drug-likeness (QED) is 0.766. The Labute approximate surface area is 88.5 Å². The molecule has 1 aromatic rings. The number of aromatic nitrogens is 1. The summed E-state index contributed by atoms with van der Waals surface area (Å²) in [5.41, 5.74) is 1.15. The van der Waals surface area contributed by atoms with Gasteiger partial charge in [-0.2, -0.15) is 0 Å². The lowest BCUT2D eigenvalue weighted by molar-refractivity contribution is -0.119. The van der Waals surface area contributed by atoms with Crippen LogP contribution in [0.25, 0.3) is 0 Å². The molecule has 0 aliphatic carbocycles. The molecule has 0 aromatic carbocycles. The molecule has 0 saturated heterocycles. The number of nitrogens with zero attached hydrogens (tertiary/aromatic N) is 1. The molecular weight excluding hydrogens is 200 g/mol. The highest BCUT2D eigenvalue weighted by molar-refractivity contribution is 6.27. The molecule has 1 aromatic heterocycles. The molecule has 4 heteroatoms. The molecule has 0 radical (unpaired) electrons. The van der Waals surface area contributed by atoms with E-state index in [-0.39, 0.29) is 17.8 Å². The third-order valence-corrected chi connectivity index (χ3v) is 2.06. The fourth-order valence-corrected chi connectivity index (χ4v) is 1.31. The largest absolute Gasteiger partial charge is 0.352 e. The van der Waals surface area contributed by atoms with Gasteiger partial charge in [0.25, 0.3) is 0 Å². The molecule has 0 saturated carbocycles. The first-order valence-electron chi connectivity index (χ1n) is 4.46. The van der Waals surface area contributed by atoms with Gasteiger partial charge >= 0.3 is 0 Å². The number of alkyl halides is 1. The van der Waals surface area contributed by atoms with E-state index in [4.69, 9.17) is 11.6 Å². The normalized spacial score (nSPS) is 12.1. The predicted molar refractivity (Wildman–Crippen MR) is 56.3 cm³/mol. The van der Waals surface area contributed by atoms with Crippen molar-refractivity contribution in [2.45, 2.75) is 19.4 Å². The first-order chi connectivity index (χ1) is 6.72. The molecule has 76 valence electrons. The van der Waals surface area contributed by atoms with Crippen LogP contribution in [0.2, 0.25) is 0 Å². The Morgan fingerprint density at radius 3 is 2.79 bits per heavy atom. The van der Waals surface area contributed by atoms with Crippen LogP contribution in [-0.4, -0.2) is 22.8 Å². The minimum absolute atomic E-state index is 0.0146. The first kappa shape index (κ1) is 11.0. The van der Waals surface area contributed by atoms with Crippen molar-refractivity contribution in [3.8, 4) is 0 Å². The van der Waals surface area contributed by atoms with E-state index in [0.717, 1.165) is 12.0 Å². The number of pyridine rings is 1. The summed E-state index contributed by atoms with van der Waals surface area (Å²) in [7, 11) is 0. The summed E-state index contributed by atoms with van der Waals surface area (Å²) >= 11 is 5.38. The van der Waals surface area contributed by atoms with E-state index in [9.17, 15) is 4.79 Å². The molecule has 0 spiro atoms. The van der Waals surface area contributed by atoms with Crippen molar-refractivity contribution in [3.63, 3.8) is 0 Å². The fourth-order valence-electron chi connectivity index (χ4n) is 1.24. The number of hydrogen-bond donors (Lipinski definition) is 1. The highest BCUT2D eigenvalue weighted by atomic mass is 35.5. The van der Waals surface area contributed by atoms with Crippen LogP contribution < -0.4 is 5.32 Å². The van der Waals surface area contributed by atoms with Crippen LogP contribution in [-0.2, 0) is 11.2 Å². The van der Waals surface area contributed by atoms with E-state index in [1.807, 2.05) is 19.1 Å². The molecule has 1 amide bonds. The number of carbonyl (C=O) groups excluding carboxylic acids is 1. The van der Waals surface area contributed by atoms with Crippen LogP contribution in [0.15, 0.2) is 24.5 Å². The van der Waals surface area contributed by atoms with Crippen LogP contribution in [0.1, 0.15) is 12.5 Å². The van der Waals surface area contributed by atoms with Crippen LogP contribution in [0, 0.1) is 0 Å². The lowest BCUT2D eigenvalue weighted by atomic mass is 10.1. The topological polar surface area (TPSA) is 42.0 Å². The molecule has 1 rings (SSSR count). The highest BCUT2D eigenvalue weighted by Crippen LogP contribution is 2.00. The van der Waals surface area contributed by atoms with E-state index in [1.165, 1.54) is 0 Å². The maximum atomic E-state index is 11.0. The Morgan fingerprint density at radius 1 is 1.57 bits per heavy atom. The number of amides is 1. The summed E-state index contributed by atoms with van der Waals surface area (Å²) in [5.74, 6) is -0.117. The van der Waals surface area contributed by atoms with Gasteiger partial charge in [0.2, 0.25) is 5.91 Å². The Bertz CT molecular complexity index is 289. The monoisotopic (exact) mass is 212 g/mol. The molecule has 1 N–H and O–H groups in total. The molecule has 1 unspecified atom stereocenters. The van der Waals surface area contributed by atoms with Crippen molar-refractivity contribution in [1.29, 1.82) is 0 Å². The third kappa shape index (κ3) is 3.75. The van der Waals surface area contributed by atoms with E-state index in [2.05, 4.69) is 10.3 Å². The number of nitrogens with one attached hydrogen (secondary N) is 1. The Morgan fingerprint density at radius 2 is 2.21 bits per heavy atom. The van der Waals surface area contributed by atoms with Gasteiger partial charge in [0.05, 0.1) is 0 Å². The molecule has 1 heterocycles. The average Bonchev–Trinajstić information content (AvgIpc) is 2.19. The second-order valence-electron chi connectivity index (χ2n) is 3.16. The second-order valence-corrected chi connectivity index (χ2v) is 3.43. The Kier molecular flexibility index (Phi) is 4.40. The first-order valence-corrected chi connectivity index (χ1v) is 5.00. The predicted octanol–water partition coefficient (Wildman–Crippen LogP) is 1.37. The SMILES string of the molecule is CC(Cc1ccncc1)NC(=O)CCl. The molecular formula is C10H13ClN2O. The van der Waals surface area contributed by atoms with E-state index in [1.54, 1.807) is 12.4 Å². The summed E-state index contributed by atoms with van der Waals surface area (Å²) < 4.78 is 0. The summed E-state index contributed by atoms with van der Waals surface area (Å²) in [6, 6.07) is 3.97. The molecule has 3 nitrogen and oxygen atoms in total. The Balaban J connectivity index is 2.41. The molecule has 0 fully saturated rings. The van der Waals surface area contributed by atoms with Gasteiger partial charge in [-0.3, -0.25) is 9.78 Å². The van der Waals surface area contributed by atoms with Gasteiger partial charge in [-0.15, -0.1) is 11.6 Å². The van der Waals surface area contributed by atoms with Crippen molar-refractivity contribution in [2.24, 2.45) is 0 Å². The number of halogens is 1.